The maximum absolute atomic E-state index is 10.9. The largest absolute Gasteiger partial charge is 0.463 e. The molecule has 8 aromatic rings. The fourth-order valence-corrected chi connectivity index (χ4v) is 14.5. The zero-order valence-corrected chi connectivity index (χ0v) is 65.2. The van der Waals surface area contributed by atoms with E-state index in [1.165, 1.54) is 38.8 Å². The van der Waals surface area contributed by atoms with Gasteiger partial charge >= 0.3 is 18.0 Å². The minimum Gasteiger partial charge on any atom is -0.463 e. The number of likely N-dealkylation sites (tertiary alicyclic amines) is 2. The summed E-state index contributed by atoms with van der Waals surface area (Å²) in [4.78, 5) is 56.7. The molecule has 0 amide bonds. The number of fused-ring (bicyclic) bond motifs is 3. The Morgan fingerprint density at radius 1 is 0.554 bits per heavy atom. The van der Waals surface area contributed by atoms with Crippen LogP contribution >= 0.6 is 31.9 Å². The van der Waals surface area contributed by atoms with E-state index in [4.69, 9.17) is 55.8 Å². The van der Waals surface area contributed by atoms with E-state index in [2.05, 4.69) is 162 Å². The molecule has 2 fully saturated rings. The normalized spacial score (nSPS) is 14.0. The molecule has 11 rings (SSSR count). The van der Waals surface area contributed by atoms with Crippen molar-refractivity contribution in [2.24, 2.45) is 0 Å². The Kier molecular flexibility index (Phi) is 30.1. The molecular weight excluding hydrogens is 1440 g/mol. The van der Waals surface area contributed by atoms with Crippen molar-refractivity contribution in [3.8, 4) is 24.1 Å². The second-order valence-corrected chi connectivity index (χ2v) is 41.1. The van der Waals surface area contributed by atoms with E-state index in [1.807, 2.05) is 27.6 Å². The summed E-state index contributed by atoms with van der Waals surface area (Å²) in [5.41, 5.74) is 32.9. The summed E-state index contributed by atoms with van der Waals surface area (Å²) in [5.74, 6) is 1.14. The van der Waals surface area contributed by atoms with Gasteiger partial charge in [-0.3, -0.25) is 29.5 Å². The first-order valence-corrected chi connectivity index (χ1v) is 44.4. The number of aldehydes is 1. The molecule has 0 spiro atoms. The highest BCUT2D eigenvalue weighted by molar-refractivity contribution is 9.10. The molecule has 27 heteroatoms. The van der Waals surface area contributed by atoms with Crippen LogP contribution in [-0.2, 0) is 61.7 Å². The molecule has 23 nitrogen and oxygen atoms in total. The number of anilines is 3. The molecule has 0 radical (unpaired) electrons. The van der Waals surface area contributed by atoms with Crippen LogP contribution in [0.2, 0.25) is 51.4 Å². The molecule has 0 saturated carbocycles. The number of pyridine rings is 3. The van der Waals surface area contributed by atoms with Crippen molar-refractivity contribution in [1.82, 2.24) is 63.8 Å². The molecule has 0 bridgehead atoms. The summed E-state index contributed by atoms with van der Waals surface area (Å²) in [7, 11) is -2.38. The zero-order chi connectivity index (χ0) is 71.3. The number of unbranched alkanes of at least 4 members (excludes halogenated alkanes) is 3. The first-order chi connectivity index (χ1) is 48.2. The molecule has 2 saturated heterocycles. The van der Waals surface area contributed by atoms with Crippen LogP contribution in [0.3, 0.4) is 0 Å². The van der Waals surface area contributed by atoms with Crippen molar-refractivity contribution in [2.75, 3.05) is 76.4 Å². The van der Waals surface area contributed by atoms with Gasteiger partial charge in [-0.2, -0.15) is 35.2 Å². The van der Waals surface area contributed by atoms with Crippen molar-refractivity contribution in [3.63, 3.8) is 0 Å². The lowest BCUT2D eigenvalue weighted by atomic mass is 10.0. The van der Waals surface area contributed by atoms with Crippen LogP contribution in [0.1, 0.15) is 153 Å². The lowest BCUT2D eigenvalue weighted by Gasteiger charge is -2.16. The third-order valence-corrected chi connectivity index (χ3v) is 22.9. The summed E-state index contributed by atoms with van der Waals surface area (Å²) in [5, 5.41) is 9.67. The Bertz CT molecular complexity index is 4070. The molecule has 3 aliphatic rings. The number of allylic oxidation sites excluding steroid dienone is 2. The molecule has 0 unspecified atom stereocenters. The molecule has 8 aromatic heterocycles. The molecule has 0 aromatic carbocycles. The fraction of sp³-hybridized carbons (Fsp3) is 0.527. The number of ether oxygens (including phenoxy) is 5. The standard InChI is InChI=1S/C27H41BrN6O2Si.C23H32BrN5O3Si.C23H28N6O.CH4/c1-5-6-13-36-27-31-23-22(16-20-9-10-21(30-17-20)18-33-11-7-8-12-33)25(28)34(24(23)26(29)32-27)19-35-14-15-37(2,3)4;1-5-6-9-32-23-27-19-18(12-16-7-8-17(14-30)26-13-16)21(24)29(20(19)22(25)28-23)15-31-10-11-33(2,3)4;1-2-3-10-30-23-27-21-19(17(13-24)12-20(21)22(25)28-23)11-16-6-7-18(26-14-16)15-29-8-4-5-9-29;/h9-10,17H,5-8,11-16,18-19H2,1-4H3,(H2,29,31,32);7-8,13-14H,5-6,9-12,15H2,1-4H3,(H2,25,27,28);6-7,14H,2-5,8-12,15H2,1H3,(H2,25,27,28);1H4. The van der Waals surface area contributed by atoms with E-state index >= 15 is 0 Å². The number of halogens is 2. The monoisotopic (exact) mass is 1540 g/mol. The summed E-state index contributed by atoms with van der Waals surface area (Å²) in [6.07, 6.45) is 19.6. The summed E-state index contributed by atoms with van der Waals surface area (Å²) in [6.45, 7) is 30.6. The summed E-state index contributed by atoms with van der Waals surface area (Å²) < 4.78 is 35.1. The van der Waals surface area contributed by atoms with Gasteiger partial charge in [0.1, 0.15) is 47.0 Å². The van der Waals surface area contributed by atoms with Crippen LogP contribution in [0, 0.1) is 11.3 Å². The van der Waals surface area contributed by atoms with Crippen molar-refractivity contribution < 1.29 is 28.5 Å². The number of nitrogens with zero attached hydrogens (tertiary/aromatic N) is 14. The number of hydrogen-bond donors (Lipinski definition) is 3. The molecule has 2 aliphatic heterocycles. The predicted molar refractivity (Wildman–Crippen MR) is 415 cm³/mol. The number of carbonyl (C=O) groups excluding carboxylic acids is 1. The van der Waals surface area contributed by atoms with E-state index in [9.17, 15) is 10.1 Å². The lowest BCUT2D eigenvalue weighted by Crippen LogP contribution is -2.22. The van der Waals surface area contributed by atoms with Gasteiger partial charge in [0, 0.05) is 109 Å². The van der Waals surface area contributed by atoms with Gasteiger partial charge < -0.3 is 50.0 Å². The van der Waals surface area contributed by atoms with Crippen LogP contribution in [0.25, 0.3) is 27.6 Å². The minimum atomic E-state index is -1.19. The average molecular weight is 1540 g/mol. The van der Waals surface area contributed by atoms with Gasteiger partial charge in [-0.05, 0) is 156 Å². The van der Waals surface area contributed by atoms with Crippen molar-refractivity contribution >= 4 is 99.4 Å². The molecular formula is C74H105Br2N17O6Si2. The Morgan fingerprint density at radius 3 is 1.36 bits per heavy atom. The quantitative estimate of drug-likeness (QED) is 0.0196. The van der Waals surface area contributed by atoms with E-state index in [-0.39, 0.29) is 19.4 Å². The summed E-state index contributed by atoms with van der Waals surface area (Å²) in [6, 6.07) is 17.5. The Hall–Kier alpha value is -7.30. The Balaban J connectivity index is 0.000000193. The topological polar surface area (TPSA) is 297 Å². The van der Waals surface area contributed by atoms with Crippen molar-refractivity contribution in [3.05, 3.63) is 126 Å². The molecule has 544 valence electrons. The smallest absolute Gasteiger partial charge is 0.319 e. The number of rotatable bonds is 33. The van der Waals surface area contributed by atoms with Crippen molar-refractivity contribution in [1.29, 1.82) is 5.26 Å². The SMILES string of the molecule is C.CCCCOc1nc(N)c2c(n1)C(Cc1ccc(CN3CCCC3)nc1)=C(C#N)C2.CCCCOc1nc(N)c2c(n1)c(Cc1ccc(C=O)nc1)c(Br)n2COCC[Si](C)(C)C.CCCCOc1nc(N)c2c(n1)c(Cc1ccc(CN3CCCC3)nc1)c(Br)n2COCC[Si](C)(C)C. The van der Waals surface area contributed by atoms with E-state index in [0.29, 0.717) is 111 Å². The molecule has 6 N–H and O–H groups in total. The third-order valence-electron chi connectivity index (χ3n) is 17.7. The van der Waals surface area contributed by atoms with Crippen LogP contribution in [-0.4, -0.2) is 145 Å². The number of hydrogen-bond acceptors (Lipinski definition) is 21. The van der Waals surface area contributed by atoms with Crippen LogP contribution in [0.4, 0.5) is 17.5 Å². The number of aromatic nitrogens is 11. The average Bonchev–Trinajstić information content (AvgIpc) is 1.62. The fourth-order valence-electron chi connectivity index (χ4n) is 11.8. The maximum atomic E-state index is 10.9. The van der Waals surface area contributed by atoms with Gasteiger partial charge in [-0.25, -0.2) is 0 Å². The maximum Gasteiger partial charge on any atom is 0.319 e. The minimum absolute atomic E-state index is 0. The number of nitrogen functional groups attached to an aromatic ring is 3. The van der Waals surface area contributed by atoms with Crippen molar-refractivity contribution in [2.45, 2.75) is 196 Å². The van der Waals surface area contributed by atoms with Crippen LogP contribution in [0.15, 0.2) is 69.8 Å². The number of nitriles is 1. The van der Waals surface area contributed by atoms with E-state index in [1.54, 1.807) is 12.3 Å². The van der Waals surface area contributed by atoms with Gasteiger partial charge in [0.2, 0.25) is 0 Å². The highest BCUT2D eigenvalue weighted by atomic mass is 79.9. The first kappa shape index (κ1) is 79.4. The zero-order valence-electron chi connectivity index (χ0n) is 60.0. The second kappa shape index (κ2) is 38.3. The van der Waals surface area contributed by atoms with Crippen LogP contribution in [0.5, 0.6) is 18.0 Å². The third kappa shape index (κ3) is 22.6. The predicted octanol–water partition coefficient (Wildman–Crippen LogP) is 14.9. The van der Waals surface area contributed by atoms with Gasteiger partial charge in [0.25, 0.3) is 0 Å². The van der Waals surface area contributed by atoms with Crippen LogP contribution < -0.4 is 31.4 Å². The van der Waals surface area contributed by atoms with Gasteiger partial charge in [-0.1, -0.05) is 105 Å². The van der Waals surface area contributed by atoms with Gasteiger partial charge in [-0.15, -0.1) is 0 Å². The number of carbonyl (C=O) groups is 1. The molecule has 101 heavy (non-hydrogen) atoms. The Morgan fingerprint density at radius 2 is 0.970 bits per heavy atom. The molecule has 1 aliphatic carbocycles. The van der Waals surface area contributed by atoms with Gasteiger partial charge in [0.15, 0.2) is 17.9 Å². The summed E-state index contributed by atoms with van der Waals surface area (Å²) >= 11 is 7.58. The second-order valence-electron chi connectivity index (χ2n) is 28.4. The van der Waals surface area contributed by atoms with Gasteiger partial charge in [0.05, 0.1) is 52.2 Å². The molecule has 0 atom stereocenters. The lowest BCUT2D eigenvalue weighted by molar-refractivity contribution is 0.0887. The highest BCUT2D eigenvalue weighted by Gasteiger charge is 2.29. The first-order valence-electron chi connectivity index (χ1n) is 35.4. The number of nitrogens with two attached hydrogens (primary N) is 3. The Labute approximate surface area is 615 Å². The van der Waals surface area contributed by atoms with E-state index < -0.39 is 16.1 Å². The molecule has 10 heterocycles. The van der Waals surface area contributed by atoms with E-state index in [0.717, 1.165) is 166 Å². The highest BCUT2D eigenvalue weighted by Crippen LogP contribution is 2.39.